The van der Waals surface area contributed by atoms with Crippen LogP contribution in [-0.4, -0.2) is 12.1 Å². The maximum atomic E-state index is 5.22. The van der Waals surface area contributed by atoms with Gasteiger partial charge < -0.3 is 4.74 Å². The number of rotatable bonds is 2. The van der Waals surface area contributed by atoms with Gasteiger partial charge in [-0.2, -0.15) is 0 Å². The Bertz CT molecular complexity index is 533. The van der Waals surface area contributed by atoms with E-state index in [0.717, 1.165) is 12.2 Å². The smallest absolute Gasteiger partial charge is 0.118 e. The fraction of sp³-hybridized carbons (Fsp3) is 0.312. The number of benzene rings is 1. The highest BCUT2D eigenvalue weighted by molar-refractivity contribution is 5.40. The van der Waals surface area contributed by atoms with Crippen LogP contribution in [0.4, 0.5) is 0 Å². The number of nitrogens with zero attached hydrogens (tertiary/aromatic N) is 1. The number of hydrogen-bond donors (Lipinski definition) is 0. The summed E-state index contributed by atoms with van der Waals surface area (Å²) in [7, 11) is 1.70. The average molecular weight is 239 g/mol. The third-order valence-electron chi connectivity index (χ3n) is 3.77. The molecule has 0 radical (unpaired) electrons. The highest BCUT2D eigenvalue weighted by Crippen LogP contribution is 2.36. The minimum absolute atomic E-state index is 0.516. The van der Waals surface area contributed by atoms with Crippen LogP contribution in [0.3, 0.4) is 0 Å². The fourth-order valence-electron chi connectivity index (χ4n) is 2.82. The van der Waals surface area contributed by atoms with E-state index in [2.05, 4.69) is 23.2 Å². The molecule has 1 aromatic heterocycles. The van der Waals surface area contributed by atoms with Gasteiger partial charge in [0.05, 0.1) is 7.11 Å². The molecule has 0 bridgehead atoms. The Hall–Kier alpha value is -1.83. The van der Waals surface area contributed by atoms with Gasteiger partial charge in [-0.15, -0.1) is 0 Å². The van der Waals surface area contributed by atoms with Crippen molar-refractivity contribution < 1.29 is 4.74 Å². The minimum atomic E-state index is 0.516. The molecule has 1 aromatic carbocycles. The lowest BCUT2D eigenvalue weighted by molar-refractivity contribution is 0.414. The number of aromatic nitrogens is 1. The summed E-state index contributed by atoms with van der Waals surface area (Å²) >= 11 is 0. The van der Waals surface area contributed by atoms with Crippen LogP contribution < -0.4 is 4.74 Å². The molecule has 0 N–H and O–H groups in total. The Morgan fingerprint density at radius 3 is 2.78 bits per heavy atom. The van der Waals surface area contributed by atoms with Gasteiger partial charge in [-0.1, -0.05) is 12.1 Å². The van der Waals surface area contributed by atoms with Crippen molar-refractivity contribution in [2.45, 2.75) is 25.2 Å². The van der Waals surface area contributed by atoms with E-state index >= 15 is 0 Å². The summed E-state index contributed by atoms with van der Waals surface area (Å²) in [5.41, 5.74) is 4.23. The highest BCUT2D eigenvalue weighted by atomic mass is 16.5. The maximum absolute atomic E-state index is 5.22. The second kappa shape index (κ2) is 4.81. The molecule has 0 fully saturated rings. The summed E-state index contributed by atoms with van der Waals surface area (Å²) in [6.45, 7) is 0. The molecule has 2 heteroatoms. The molecule has 2 aromatic rings. The molecule has 18 heavy (non-hydrogen) atoms. The first-order valence-corrected chi connectivity index (χ1v) is 6.45. The molecule has 0 unspecified atom stereocenters. The third-order valence-corrected chi connectivity index (χ3v) is 3.77. The summed E-state index contributed by atoms with van der Waals surface area (Å²) in [6.07, 6.45) is 7.56. The standard InChI is InChI=1S/C16H17NO/c1-18-14-7-5-12(6-8-14)15-4-2-3-13-11-17-10-9-16(13)15/h5-11,15H,2-4H2,1H3/t15-/m0/s1. The van der Waals surface area contributed by atoms with Crippen LogP contribution in [0.2, 0.25) is 0 Å². The van der Waals surface area contributed by atoms with E-state index in [9.17, 15) is 0 Å². The van der Waals surface area contributed by atoms with Crippen LogP contribution in [-0.2, 0) is 6.42 Å². The molecule has 1 aliphatic carbocycles. The fourth-order valence-corrected chi connectivity index (χ4v) is 2.82. The molecule has 0 amide bonds. The number of hydrogen-bond acceptors (Lipinski definition) is 2. The van der Waals surface area contributed by atoms with Gasteiger partial charge in [-0.05, 0) is 54.2 Å². The van der Waals surface area contributed by atoms with Crippen molar-refractivity contribution in [2.75, 3.05) is 7.11 Å². The first-order chi connectivity index (χ1) is 8.88. The summed E-state index contributed by atoms with van der Waals surface area (Å²) < 4.78 is 5.22. The number of pyridine rings is 1. The van der Waals surface area contributed by atoms with E-state index in [0.29, 0.717) is 5.92 Å². The van der Waals surface area contributed by atoms with Gasteiger partial charge in [-0.3, -0.25) is 4.98 Å². The average Bonchev–Trinajstić information content (AvgIpc) is 2.47. The van der Waals surface area contributed by atoms with Crippen molar-refractivity contribution in [1.29, 1.82) is 0 Å². The zero-order chi connectivity index (χ0) is 12.4. The van der Waals surface area contributed by atoms with Crippen molar-refractivity contribution in [3.8, 4) is 5.75 Å². The molecule has 1 atom stereocenters. The Balaban J connectivity index is 1.97. The van der Waals surface area contributed by atoms with Gasteiger partial charge in [-0.25, -0.2) is 0 Å². The molecule has 1 heterocycles. The number of fused-ring (bicyclic) bond motifs is 1. The van der Waals surface area contributed by atoms with Gasteiger partial charge in [0, 0.05) is 18.3 Å². The zero-order valence-electron chi connectivity index (χ0n) is 10.6. The van der Waals surface area contributed by atoms with Gasteiger partial charge in [0.1, 0.15) is 5.75 Å². The minimum Gasteiger partial charge on any atom is -0.497 e. The second-order valence-corrected chi connectivity index (χ2v) is 4.79. The van der Waals surface area contributed by atoms with E-state index in [1.807, 2.05) is 24.5 Å². The van der Waals surface area contributed by atoms with E-state index in [1.165, 1.54) is 29.5 Å². The zero-order valence-corrected chi connectivity index (χ0v) is 10.6. The molecule has 0 saturated carbocycles. The first kappa shape index (κ1) is 11.3. The monoisotopic (exact) mass is 239 g/mol. The van der Waals surface area contributed by atoms with E-state index in [4.69, 9.17) is 4.74 Å². The van der Waals surface area contributed by atoms with Crippen molar-refractivity contribution in [3.63, 3.8) is 0 Å². The largest absolute Gasteiger partial charge is 0.497 e. The molecular weight excluding hydrogens is 222 g/mol. The van der Waals surface area contributed by atoms with Crippen LogP contribution in [0.15, 0.2) is 42.7 Å². The van der Waals surface area contributed by atoms with E-state index in [-0.39, 0.29) is 0 Å². The first-order valence-electron chi connectivity index (χ1n) is 6.45. The maximum Gasteiger partial charge on any atom is 0.118 e. The molecule has 2 nitrogen and oxygen atoms in total. The summed E-state index contributed by atoms with van der Waals surface area (Å²) in [6, 6.07) is 10.6. The molecule has 1 aliphatic rings. The Labute approximate surface area is 108 Å². The van der Waals surface area contributed by atoms with Crippen LogP contribution in [0, 0.1) is 0 Å². The highest BCUT2D eigenvalue weighted by Gasteiger charge is 2.21. The van der Waals surface area contributed by atoms with Gasteiger partial charge in [0.15, 0.2) is 0 Å². The topological polar surface area (TPSA) is 22.1 Å². The van der Waals surface area contributed by atoms with Crippen molar-refractivity contribution in [2.24, 2.45) is 0 Å². The van der Waals surface area contributed by atoms with Crippen LogP contribution in [0.1, 0.15) is 35.4 Å². The Kier molecular flexibility index (Phi) is 3.01. The second-order valence-electron chi connectivity index (χ2n) is 4.79. The third kappa shape index (κ3) is 1.99. The SMILES string of the molecule is COc1ccc([C@@H]2CCCc3cnccc32)cc1. The van der Waals surface area contributed by atoms with Crippen molar-refractivity contribution in [1.82, 2.24) is 4.98 Å². The lowest BCUT2D eigenvalue weighted by atomic mass is 9.80. The summed E-state index contributed by atoms with van der Waals surface area (Å²) in [4.78, 5) is 4.23. The van der Waals surface area contributed by atoms with Crippen molar-refractivity contribution >= 4 is 0 Å². The predicted molar refractivity (Wildman–Crippen MR) is 72.0 cm³/mol. The quantitative estimate of drug-likeness (QED) is 0.799. The molecule has 0 saturated heterocycles. The van der Waals surface area contributed by atoms with E-state index in [1.54, 1.807) is 7.11 Å². The Morgan fingerprint density at radius 1 is 1.17 bits per heavy atom. The van der Waals surface area contributed by atoms with Crippen LogP contribution >= 0.6 is 0 Å². The molecule has 3 rings (SSSR count). The predicted octanol–water partition coefficient (Wildman–Crippen LogP) is 3.56. The van der Waals surface area contributed by atoms with E-state index < -0.39 is 0 Å². The van der Waals surface area contributed by atoms with Gasteiger partial charge in [0.25, 0.3) is 0 Å². The lowest BCUT2D eigenvalue weighted by Gasteiger charge is -2.25. The van der Waals surface area contributed by atoms with Crippen LogP contribution in [0.25, 0.3) is 0 Å². The molecular formula is C16H17NO. The number of ether oxygens (including phenoxy) is 1. The number of aryl methyl sites for hydroxylation is 1. The normalized spacial score (nSPS) is 18.2. The van der Waals surface area contributed by atoms with Gasteiger partial charge >= 0.3 is 0 Å². The lowest BCUT2D eigenvalue weighted by Crippen LogP contribution is -2.11. The van der Waals surface area contributed by atoms with Crippen LogP contribution in [0.5, 0.6) is 5.75 Å². The molecule has 0 spiro atoms. The van der Waals surface area contributed by atoms with Gasteiger partial charge in [0.2, 0.25) is 0 Å². The molecule has 0 aliphatic heterocycles. The summed E-state index contributed by atoms with van der Waals surface area (Å²) in [5.74, 6) is 1.44. The van der Waals surface area contributed by atoms with Crippen molar-refractivity contribution in [3.05, 3.63) is 59.4 Å². The molecule has 92 valence electrons. The summed E-state index contributed by atoms with van der Waals surface area (Å²) in [5, 5.41) is 0. The number of methoxy groups -OCH3 is 1. The Morgan fingerprint density at radius 2 is 2.00 bits per heavy atom.